The van der Waals surface area contributed by atoms with E-state index in [2.05, 4.69) is 10.5 Å². The molecule has 3 N–H and O–H groups in total. The fourth-order valence-corrected chi connectivity index (χ4v) is 2.09. The summed E-state index contributed by atoms with van der Waals surface area (Å²) in [6, 6.07) is 10.7. The fraction of sp³-hybridized carbons (Fsp3) is 0. The number of hydrazone groups is 1. The van der Waals surface area contributed by atoms with E-state index in [-0.39, 0.29) is 16.3 Å². The van der Waals surface area contributed by atoms with Crippen molar-refractivity contribution < 1.29 is 17.6 Å². The van der Waals surface area contributed by atoms with E-state index in [1.54, 1.807) is 0 Å². The lowest BCUT2D eigenvalue weighted by Crippen LogP contribution is -2.18. The molecule has 2 aromatic rings. The topological polar surface area (TPSA) is 102 Å². The van der Waals surface area contributed by atoms with Crippen molar-refractivity contribution in [3.63, 3.8) is 0 Å². The third kappa shape index (κ3) is 4.21. The molecule has 6 nitrogen and oxygen atoms in total. The standard InChI is InChI=1S/C14H12FN3O3S/c15-12-5-1-10(2-6-12)9-17-18-14(19)11-3-7-13(8-4-11)22(16,20)21/h1-9H,(H,18,19)(H2,16,20,21)/b17-9+. The minimum Gasteiger partial charge on any atom is -0.267 e. The van der Waals surface area contributed by atoms with Crippen LogP contribution in [-0.2, 0) is 10.0 Å². The predicted octanol–water partition coefficient (Wildman–Crippen LogP) is 1.24. The zero-order valence-corrected chi connectivity index (χ0v) is 12.0. The molecule has 0 aliphatic rings. The fourth-order valence-electron chi connectivity index (χ4n) is 1.57. The Balaban J connectivity index is 2.02. The van der Waals surface area contributed by atoms with Gasteiger partial charge in [0.25, 0.3) is 5.91 Å². The smallest absolute Gasteiger partial charge is 0.267 e. The lowest BCUT2D eigenvalue weighted by molar-refractivity contribution is 0.0955. The van der Waals surface area contributed by atoms with Gasteiger partial charge in [0.05, 0.1) is 11.1 Å². The second-order valence-electron chi connectivity index (χ2n) is 4.32. The molecule has 0 spiro atoms. The minimum atomic E-state index is -3.79. The van der Waals surface area contributed by atoms with Gasteiger partial charge in [0, 0.05) is 5.56 Å². The largest absolute Gasteiger partial charge is 0.271 e. The van der Waals surface area contributed by atoms with Gasteiger partial charge in [0.15, 0.2) is 0 Å². The van der Waals surface area contributed by atoms with Crippen LogP contribution < -0.4 is 10.6 Å². The zero-order chi connectivity index (χ0) is 16.2. The van der Waals surface area contributed by atoms with Crippen molar-refractivity contribution in [1.82, 2.24) is 5.43 Å². The molecule has 1 amide bonds. The van der Waals surface area contributed by atoms with E-state index in [0.717, 1.165) is 0 Å². The first-order valence-corrected chi connectivity index (χ1v) is 7.63. The van der Waals surface area contributed by atoms with E-state index < -0.39 is 15.9 Å². The Labute approximate surface area is 126 Å². The Morgan fingerprint density at radius 2 is 1.68 bits per heavy atom. The average Bonchev–Trinajstić information content (AvgIpc) is 2.48. The highest BCUT2D eigenvalue weighted by Gasteiger charge is 2.09. The van der Waals surface area contributed by atoms with Crippen LogP contribution in [0, 0.1) is 5.82 Å². The molecule has 114 valence electrons. The maximum absolute atomic E-state index is 12.7. The number of halogens is 1. The van der Waals surface area contributed by atoms with Crippen molar-refractivity contribution in [2.75, 3.05) is 0 Å². The zero-order valence-electron chi connectivity index (χ0n) is 11.2. The van der Waals surface area contributed by atoms with E-state index in [4.69, 9.17) is 5.14 Å². The SMILES string of the molecule is NS(=O)(=O)c1ccc(C(=O)N/N=C/c2ccc(F)cc2)cc1. The summed E-state index contributed by atoms with van der Waals surface area (Å²) in [6.07, 6.45) is 1.36. The number of hydrogen-bond donors (Lipinski definition) is 2. The van der Waals surface area contributed by atoms with Gasteiger partial charge >= 0.3 is 0 Å². The second-order valence-corrected chi connectivity index (χ2v) is 5.88. The van der Waals surface area contributed by atoms with E-state index in [1.807, 2.05) is 0 Å². The van der Waals surface area contributed by atoms with Crippen molar-refractivity contribution in [2.24, 2.45) is 10.2 Å². The Morgan fingerprint density at radius 1 is 1.09 bits per heavy atom. The van der Waals surface area contributed by atoms with E-state index in [9.17, 15) is 17.6 Å². The summed E-state index contributed by atoms with van der Waals surface area (Å²) < 4.78 is 34.9. The summed E-state index contributed by atoms with van der Waals surface area (Å²) in [7, 11) is -3.79. The molecule has 0 radical (unpaired) electrons. The number of primary sulfonamides is 1. The van der Waals surface area contributed by atoms with E-state index in [1.165, 1.54) is 54.7 Å². The van der Waals surface area contributed by atoms with Gasteiger partial charge in [-0.15, -0.1) is 0 Å². The number of benzene rings is 2. The van der Waals surface area contributed by atoms with Crippen molar-refractivity contribution in [2.45, 2.75) is 4.90 Å². The monoisotopic (exact) mass is 321 g/mol. The third-order valence-electron chi connectivity index (χ3n) is 2.69. The van der Waals surface area contributed by atoms with Crippen molar-refractivity contribution in [1.29, 1.82) is 0 Å². The minimum absolute atomic E-state index is 0.0844. The van der Waals surface area contributed by atoms with Gasteiger partial charge in [-0.2, -0.15) is 5.10 Å². The molecule has 0 atom stereocenters. The summed E-state index contributed by atoms with van der Waals surface area (Å²) in [6.45, 7) is 0. The van der Waals surface area contributed by atoms with Gasteiger partial charge in [-0.1, -0.05) is 12.1 Å². The maximum Gasteiger partial charge on any atom is 0.271 e. The quantitative estimate of drug-likeness (QED) is 0.654. The van der Waals surface area contributed by atoms with Crippen molar-refractivity contribution >= 4 is 22.1 Å². The molecule has 8 heteroatoms. The highest BCUT2D eigenvalue weighted by atomic mass is 32.2. The molecule has 0 aromatic heterocycles. The average molecular weight is 321 g/mol. The number of carbonyl (C=O) groups is 1. The highest BCUT2D eigenvalue weighted by Crippen LogP contribution is 2.08. The molecular formula is C14H12FN3O3S. The number of nitrogens with zero attached hydrogens (tertiary/aromatic N) is 1. The summed E-state index contributed by atoms with van der Waals surface area (Å²) in [4.78, 5) is 11.7. The van der Waals surface area contributed by atoms with Crippen LogP contribution in [0.5, 0.6) is 0 Å². The van der Waals surface area contributed by atoms with Crippen molar-refractivity contribution in [3.05, 3.63) is 65.5 Å². The number of nitrogens with two attached hydrogens (primary N) is 1. The molecule has 0 unspecified atom stereocenters. The van der Waals surface area contributed by atoms with Gasteiger partial charge in [-0.05, 0) is 42.0 Å². The van der Waals surface area contributed by atoms with Crippen LogP contribution in [0.3, 0.4) is 0 Å². The first kappa shape index (κ1) is 15.8. The van der Waals surface area contributed by atoms with Gasteiger partial charge in [0.2, 0.25) is 10.0 Å². The van der Waals surface area contributed by atoms with Crippen LogP contribution in [0.4, 0.5) is 4.39 Å². The van der Waals surface area contributed by atoms with Gasteiger partial charge in [-0.3, -0.25) is 4.79 Å². The molecule has 22 heavy (non-hydrogen) atoms. The molecule has 2 aromatic carbocycles. The van der Waals surface area contributed by atoms with E-state index in [0.29, 0.717) is 5.56 Å². The van der Waals surface area contributed by atoms with Gasteiger partial charge in [-0.25, -0.2) is 23.4 Å². The van der Waals surface area contributed by atoms with E-state index >= 15 is 0 Å². The summed E-state index contributed by atoms with van der Waals surface area (Å²) in [5.74, 6) is -0.879. The molecule has 0 saturated heterocycles. The maximum atomic E-state index is 12.7. The van der Waals surface area contributed by atoms with Crippen LogP contribution in [0.15, 0.2) is 58.5 Å². The molecule has 0 fully saturated rings. The Bertz CT molecular complexity index is 800. The number of nitrogens with one attached hydrogen (secondary N) is 1. The highest BCUT2D eigenvalue weighted by molar-refractivity contribution is 7.89. The van der Waals surface area contributed by atoms with Crippen molar-refractivity contribution in [3.8, 4) is 0 Å². The molecule has 0 heterocycles. The van der Waals surface area contributed by atoms with Crippen LogP contribution in [-0.4, -0.2) is 20.5 Å². The Kier molecular flexibility index (Phi) is 4.64. The van der Waals surface area contributed by atoms with Gasteiger partial charge in [0.1, 0.15) is 5.82 Å². The second kappa shape index (κ2) is 6.46. The number of rotatable bonds is 4. The summed E-state index contributed by atoms with van der Waals surface area (Å²) in [5, 5.41) is 8.69. The molecule has 0 saturated carbocycles. The predicted molar refractivity (Wildman–Crippen MR) is 79.3 cm³/mol. The molecule has 0 aliphatic carbocycles. The number of amides is 1. The molecule has 2 rings (SSSR count). The molecule has 0 aliphatic heterocycles. The first-order chi connectivity index (χ1) is 10.4. The first-order valence-electron chi connectivity index (χ1n) is 6.08. The molecule has 0 bridgehead atoms. The Morgan fingerprint density at radius 3 is 2.23 bits per heavy atom. The lowest BCUT2D eigenvalue weighted by Gasteiger charge is -2.01. The number of carbonyl (C=O) groups excluding carboxylic acids is 1. The summed E-state index contributed by atoms with van der Waals surface area (Å²) in [5.41, 5.74) is 3.12. The van der Waals surface area contributed by atoms with Crippen LogP contribution >= 0.6 is 0 Å². The van der Waals surface area contributed by atoms with Crippen LogP contribution in [0.25, 0.3) is 0 Å². The van der Waals surface area contributed by atoms with Gasteiger partial charge < -0.3 is 0 Å². The molecular weight excluding hydrogens is 309 g/mol. The van der Waals surface area contributed by atoms with Crippen LogP contribution in [0.1, 0.15) is 15.9 Å². The number of sulfonamides is 1. The van der Waals surface area contributed by atoms with Crippen LogP contribution in [0.2, 0.25) is 0 Å². The lowest BCUT2D eigenvalue weighted by atomic mass is 10.2. The number of hydrogen-bond acceptors (Lipinski definition) is 4. The summed E-state index contributed by atoms with van der Waals surface area (Å²) >= 11 is 0. The third-order valence-corrected chi connectivity index (χ3v) is 3.62. The Hall–Kier alpha value is -2.58. The normalized spacial score (nSPS) is 11.5.